The summed E-state index contributed by atoms with van der Waals surface area (Å²) in [6.07, 6.45) is 1.18. The molecule has 6 heteroatoms. The van der Waals surface area contributed by atoms with E-state index in [1.165, 1.54) is 0 Å². The van der Waals surface area contributed by atoms with E-state index in [0.29, 0.717) is 22.9 Å². The average molecular weight is 385 g/mol. The topological polar surface area (TPSA) is 83.4 Å². The van der Waals surface area contributed by atoms with Crippen LogP contribution in [0.25, 0.3) is 10.8 Å². The minimum atomic E-state index is -5.14. The van der Waals surface area contributed by atoms with Crippen LogP contribution in [0.3, 0.4) is 0 Å². The monoisotopic (exact) mass is 384 g/mol. The third-order valence-electron chi connectivity index (χ3n) is 3.92. The Morgan fingerprint density at radius 1 is 1.18 bits per heavy atom. The maximum Gasteiger partial charge on any atom is 0.107 e. The number of halogens is 1. The van der Waals surface area contributed by atoms with Crippen molar-refractivity contribution in [2.24, 2.45) is 0 Å². The predicted octanol–water partition coefficient (Wildman–Crippen LogP) is 2.94. The van der Waals surface area contributed by atoms with Gasteiger partial charge in [-0.05, 0) is 49.3 Å². The summed E-state index contributed by atoms with van der Waals surface area (Å²) >= 11 is 3.41. The summed E-state index contributed by atoms with van der Waals surface area (Å²) in [5.41, 5.74) is 2.82. The Balaban J connectivity index is 2.97. The van der Waals surface area contributed by atoms with Crippen LogP contribution in [-0.4, -0.2) is 5.11 Å². The Hall–Kier alpha value is -0.710. The lowest BCUT2D eigenvalue weighted by atomic mass is 9.91. The van der Waals surface area contributed by atoms with Gasteiger partial charge in [0.05, 0.1) is 0 Å². The zero-order chi connectivity index (χ0) is 16.7. The molecule has 1 atom stereocenters. The number of benzene rings is 2. The van der Waals surface area contributed by atoms with Crippen molar-refractivity contribution < 1.29 is 19.5 Å². The zero-order valence-electron chi connectivity index (χ0n) is 12.7. The third kappa shape index (κ3) is 3.01. The van der Waals surface area contributed by atoms with Crippen LogP contribution in [0.1, 0.15) is 41.9 Å². The number of fused-ring (bicyclic) bond motifs is 1. The zero-order valence-corrected chi connectivity index (χ0v) is 15.2. The van der Waals surface area contributed by atoms with E-state index in [1.807, 2.05) is 39.0 Å². The summed E-state index contributed by atoms with van der Waals surface area (Å²) < 4.78 is 11.9. The Morgan fingerprint density at radius 2 is 1.77 bits per heavy atom. The van der Waals surface area contributed by atoms with E-state index < -0.39 is 13.4 Å². The van der Waals surface area contributed by atoms with Crippen LogP contribution in [-0.2, 0) is 17.4 Å². The van der Waals surface area contributed by atoms with Gasteiger partial charge in [0.2, 0.25) is 0 Å². The molecule has 0 heterocycles. The van der Waals surface area contributed by atoms with Crippen molar-refractivity contribution >= 4 is 34.3 Å². The molecule has 4 nitrogen and oxygen atoms in total. The highest BCUT2D eigenvalue weighted by Gasteiger charge is 2.23. The van der Waals surface area contributed by atoms with E-state index >= 15 is 0 Å². The van der Waals surface area contributed by atoms with Crippen LogP contribution >= 0.6 is 23.5 Å². The minimum Gasteiger partial charge on any atom is -0.809 e. The molecule has 2 rings (SSSR count). The minimum absolute atomic E-state index is 0.186. The van der Waals surface area contributed by atoms with Crippen LogP contribution in [0.2, 0.25) is 0 Å². The molecule has 2 aromatic rings. The van der Waals surface area contributed by atoms with Crippen molar-refractivity contribution in [2.45, 2.75) is 39.5 Å². The smallest absolute Gasteiger partial charge is 0.107 e. The second-order valence-corrected chi connectivity index (χ2v) is 7.72. The van der Waals surface area contributed by atoms with Crippen molar-refractivity contribution in [1.29, 1.82) is 0 Å². The molecule has 0 aliphatic rings. The van der Waals surface area contributed by atoms with Gasteiger partial charge >= 0.3 is 0 Å². The molecular formula is C16H18BrO4P-2. The fourth-order valence-electron chi connectivity index (χ4n) is 2.88. The van der Waals surface area contributed by atoms with Crippen molar-refractivity contribution in [3.8, 4) is 0 Å². The molecule has 0 radical (unpaired) electrons. The van der Waals surface area contributed by atoms with Gasteiger partial charge in [-0.1, -0.05) is 53.5 Å². The maximum absolute atomic E-state index is 11.4. The first-order valence-electron chi connectivity index (χ1n) is 7.15. The molecule has 0 fully saturated rings. The van der Waals surface area contributed by atoms with Gasteiger partial charge in [-0.3, -0.25) is 0 Å². The Bertz CT molecular complexity index is 767. The van der Waals surface area contributed by atoms with Gasteiger partial charge in [0.15, 0.2) is 0 Å². The predicted molar refractivity (Wildman–Crippen MR) is 87.7 cm³/mol. The largest absolute Gasteiger partial charge is 0.809 e. The van der Waals surface area contributed by atoms with Crippen LogP contribution in [0.5, 0.6) is 0 Å². The van der Waals surface area contributed by atoms with Crippen molar-refractivity contribution in [3.05, 3.63) is 44.9 Å². The molecule has 0 aliphatic carbocycles. The van der Waals surface area contributed by atoms with Gasteiger partial charge in [-0.2, -0.15) is 0 Å². The number of hydrogen-bond acceptors (Lipinski definition) is 4. The second-order valence-electron chi connectivity index (χ2n) is 5.35. The summed E-state index contributed by atoms with van der Waals surface area (Å²) in [7, 11) is -5.14. The summed E-state index contributed by atoms with van der Waals surface area (Å²) in [4.78, 5) is 22.7. The Morgan fingerprint density at radius 3 is 2.27 bits per heavy atom. The van der Waals surface area contributed by atoms with Gasteiger partial charge in [-0.25, -0.2) is 0 Å². The number of rotatable bonds is 4. The van der Waals surface area contributed by atoms with E-state index in [9.17, 15) is 19.5 Å². The first kappa shape index (κ1) is 17.6. The summed E-state index contributed by atoms with van der Waals surface area (Å²) in [6.45, 7) is 5.79. The molecule has 0 bridgehead atoms. The average Bonchev–Trinajstić information content (AvgIpc) is 2.44. The summed E-state index contributed by atoms with van der Waals surface area (Å²) in [5.74, 6) is -2.04. The molecule has 0 saturated heterocycles. The fourth-order valence-corrected chi connectivity index (χ4v) is 4.61. The first-order chi connectivity index (χ1) is 10.2. The second kappa shape index (κ2) is 6.42. The lowest BCUT2D eigenvalue weighted by Crippen LogP contribution is -2.22. The fraction of sp³-hybridized carbons (Fsp3) is 0.375. The van der Waals surface area contributed by atoms with Crippen LogP contribution in [0.15, 0.2) is 22.7 Å². The van der Waals surface area contributed by atoms with E-state index in [4.69, 9.17) is 0 Å². The van der Waals surface area contributed by atoms with E-state index in [0.717, 1.165) is 21.9 Å². The Kier molecular flexibility index (Phi) is 5.15. The van der Waals surface area contributed by atoms with Crippen molar-refractivity contribution in [2.75, 3.05) is 0 Å². The molecule has 1 unspecified atom stereocenters. The van der Waals surface area contributed by atoms with Crippen LogP contribution in [0, 0.1) is 6.92 Å². The number of aliphatic hydroxyl groups is 1. The van der Waals surface area contributed by atoms with Crippen LogP contribution in [0.4, 0.5) is 0 Å². The Labute approximate surface area is 138 Å². The standard InChI is InChI=1S/C16H20BrO4P/c1-4-10-13-8-9(3)6-7-12(13)11(5-2)15(17)14(10)16(18)22(19,20)21/h6-8,16,18H,4-5H2,1-3H3,(H2,19,20,21)/p-2. The molecule has 0 aliphatic heterocycles. The molecule has 2 aromatic carbocycles. The lowest BCUT2D eigenvalue weighted by Gasteiger charge is -2.37. The quantitative estimate of drug-likeness (QED) is 0.821. The van der Waals surface area contributed by atoms with Gasteiger partial charge < -0.3 is 19.5 Å². The summed E-state index contributed by atoms with van der Waals surface area (Å²) in [6, 6.07) is 5.96. The maximum atomic E-state index is 11.4. The van der Waals surface area contributed by atoms with Gasteiger partial charge in [0.1, 0.15) is 5.85 Å². The van der Waals surface area contributed by atoms with Gasteiger partial charge in [-0.15, -0.1) is 0 Å². The SMILES string of the molecule is CCc1c(Br)c(C(O)P(=O)([O-])[O-])c(CC)c2cc(C)ccc12. The van der Waals surface area contributed by atoms with Crippen molar-refractivity contribution in [1.82, 2.24) is 0 Å². The molecule has 1 N–H and O–H groups in total. The molecule has 0 amide bonds. The third-order valence-corrected chi connectivity index (χ3v) is 5.68. The lowest BCUT2D eigenvalue weighted by molar-refractivity contribution is -0.323. The van der Waals surface area contributed by atoms with Gasteiger partial charge in [0, 0.05) is 10.0 Å². The van der Waals surface area contributed by atoms with E-state index in [-0.39, 0.29) is 5.56 Å². The van der Waals surface area contributed by atoms with E-state index in [1.54, 1.807) is 0 Å². The molecule has 120 valence electrons. The number of aryl methyl sites for hydroxylation is 3. The highest BCUT2D eigenvalue weighted by Crippen LogP contribution is 2.49. The number of aliphatic hydroxyl groups excluding tert-OH is 1. The number of hydrogen-bond donors (Lipinski definition) is 1. The molecule has 22 heavy (non-hydrogen) atoms. The molecule has 0 spiro atoms. The summed E-state index contributed by atoms with van der Waals surface area (Å²) in [5, 5.41) is 12.0. The molecule has 0 aromatic heterocycles. The highest BCUT2D eigenvalue weighted by atomic mass is 79.9. The van der Waals surface area contributed by atoms with E-state index in [2.05, 4.69) is 15.9 Å². The molecule has 0 saturated carbocycles. The highest BCUT2D eigenvalue weighted by molar-refractivity contribution is 9.10. The normalized spacial score (nSPS) is 13.6. The van der Waals surface area contributed by atoms with Gasteiger partial charge in [0.25, 0.3) is 0 Å². The first-order valence-corrected chi connectivity index (χ1v) is 9.56. The molecular weight excluding hydrogens is 367 g/mol. The van der Waals surface area contributed by atoms with Crippen LogP contribution < -0.4 is 9.79 Å². The van der Waals surface area contributed by atoms with Crippen molar-refractivity contribution in [3.63, 3.8) is 0 Å².